The van der Waals surface area contributed by atoms with Gasteiger partial charge < -0.3 is 5.32 Å². The summed E-state index contributed by atoms with van der Waals surface area (Å²) >= 11 is 0. The van der Waals surface area contributed by atoms with Crippen molar-refractivity contribution in [2.75, 3.05) is 19.6 Å². The normalized spacial score (nSPS) is 14.9. The highest BCUT2D eigenvalue weighted by atomic mass is 16.1. The summed E-state index contributed by atoms with van der Waals surface area (Å²) in [6.45, 7) is 7.26. The Labute approximate surface area is 184 Å². The highest BCUT2D eigenvalue weighted by Gasteiger charge is 2.24. The highest BCUT2D eigenvalue weighted by molar-refractivity contribution is 6.00. The zero-order valence-electron chi connectivity index (χ0n) is 18.3. The minimum Gasteiger partial charge on any atom is -0.349 e. The van der Waals surface area contributed by atoms with Crippen LogP contribution in [0.2, 0.25) is 0 Å². The van der Waals surface area contributed by atoms with Gasteiger partial charge in [-0.25, -0.2) is 4.68 Å². The van der Waals surface area contributed by atoms with Gasteiger partial charge in [-0.05, 0) is 38.8 Å². The van der Waals surface area contributed by atoms with Gasteiger partial charge in [0.1, 0.15) is 5.69 Å². The lowest BCUT2D eigenvalue weighted by Gasteiger charge is -2.31. The second-order valence-electron chi connectivity index (χ2n) is 8.37. The van der Waals surface area contributed by atoms with Crippen molar-refractivity contribution in [1.82, 2.24) is 20.0 Å². The number of piperidine rings is 1. The first-order valence-electron chi connectivity index (χ1n) is 11.0. The second kappa shape index (κ2) is 9.75. The second-order valence-corrected chi connectivity index (χ2v) is 8.37. The first kappa shape index (κ1) is 21.1. The zero-order chi connectivity index (χ0) is 21.6. The Hall–Kier alpha value is -3.18. The van der Waals surface area contributed by atoms with E-state index in [1.54, 1.807) is 4.68 Å². The third kappa shape index (κ3) is 5.30. The monoisotopic (exact) mass is 414 g/mol. The molecule has 1 aliphatic rings. The standard InChI is InChI=1S/C26H30N4O/c1-20(2)13-16-29-17-14-22(15-18-29)27-26(31)24-19-30(23-11-7-4-8-12-23)28-25(24)21-9-5-3-6-10-21/h3-13,19,22H,14-18H2,1-2H3,(H,27,31). The quantitative estimate of drug-likeness (QED) is 0.595. The van der Waals surface area contributed by atoms with Crippen LogP contribution in [0, 0.1) is 0 Å². The minimum atomic E-state index is -0.0521. The Morgan fingerprint density at radius 2 is 1.68 bits per heavy atom. The molecular weight excluding hydrogens is 384 g/mol. The molecular formula is C26H30N4O. The van der Waals surface area contributed by atoms with Crippen LogP contribution >= 0.6 is 0 Å². The van der Waals surface area contributed by atoms with E-state index in [0.717, 1.165) is 43.7 Å². The number of hydrogen-bond donors (Lipinski definition) is 1. The summed E-state index contributed by atoms with van der Waals surface area (Å²) in [5.74, 6) is -0.0521. The maximum absolute atomic E-state index is 13.3. The largest absolute Gasteiger partial charge is 0.349 e. The van der Waals surface area contributed by atoms with E-state index in [1.807, 2.05) is 66.9 Å². The van der Waals surface area contributed by atoms with E-state index in [2.05, 4.69) is 30.1 Å². The number of rotatable bonds is 6. The molecule has 3 aromatic rings. The fourth-order valence-electron chi connectivity index (χ4n) is 3.90. The molecule has 1 aromatic heterocycles. The third-order valence-electron chi connectivity index (χ3n) is 5.71. The van der Waals surface area contributed by atoms with Crippen LogP contribution in [0.5, 0.6) is 0 Å². The van der Waals surface area contributed by atoms with Crippen molar-refractivity contribution in [3.8, 4) is 16.9 Å². The van der Waals surface area contributed by atoms with Crippen LogP contribution in [0.1, 0.15) is 37.0 Å². The number of carbonyl (C=O) groups is 1. The molecule has 5 nitrogen and oxygen atoms in total. The Balaban J connectivity index is 1.51. The molecule has 0 aliphatic carbocycles. The molecule has 5 heteroatoms. The van der Waals surface area contributed by atoms with Crippen LogP contribution in [-0.4, -0.2) is 46.3 Å². The van der Waals surface area contributed by atoms with Gasteiger partial charge in [-0.2, -0.15) is 5.10 Å². The van der Waals surface area contributed by atoms with Gasteiger partial charge in [-0.1, -0.05) is 60.2 Å². The summed E-state index contributed by atoms with van der Waals surface area (Å²) in [5.41, 5.74) is 4.55. The number of nitrogens with one attached hydrogen (secondary N) is 1. The molecule has 1 amide bonds. The number of para-hydroxylation sites is 1. The van der Waals surface area contributed by atoms with Crippen LogP contribution in [0.25, 0.3) is 16.9 Å². The van der Waals surface area contributed by atoms with Crippen molar-refractivity contribution in [2.24, 2.45) is 0 Å². The molecule has 0 atom stereocenters. The average molecular weight is 415 g/mol. The van der Waals surface area contributed by atoms with Crippen molar-refractivity contribution in [3.63, 3.8) is 0 Å². The maximum atomic E-state index is 13.3. The maximum Gasteiger partial charge on any atom is 0.255 e. The van der Waals surface area contributed by atoms with Crippen molar-refractivity contribution >= 4 is 5.91 Å². The van der Waals surface area contributed by atoms with Gasteiger partial charge >= 0.3 is 0 Å². The highest BCUT2D eigenvalue weighted by Crippen LogP contribution is 2.24. The van der Waals surface area contributed by atoms with Gasteiger partial charge in [0.2, 0.25) is 0 Å². The summed E-state index contributed by atoms with van der Waals surface area (Å²) in [6, 6.07) is 20.0. The van der Waals surface area contributed by atoms with E-state index >= 15 is 0 Å². The van der Waals surface area contributed by atoms with E-state index in [4.69, 9.17) is 5.10 Å². The number of hydrogen-bond acceptors (Lipinski definition) is 3. The molecule has 1 fully saturated rings. The Bertz CT molecular complexity index is 1030. The van der Waals surface area contributed by atoms with Gasteiger partial charge in [0.05, 0.1) is 11.3 Å². The molecule has 0 spiro atoms. The van der Waals surface area contributed by atoms with Gasteiger partial charge in [-0.15, -0.1) is 0 Å². The third-order valence-corrected chi connectivity index (χ3v) is 5.71. The van der Waals surface area contributed by atoms with Gasteiger partial charge in [0.15, 0.2) is 0 Å². The smallest absolute Gasteiger partial charge is 0.255 e. The van der Waals surface area contributed by atoms with E-state index in [1.165, 1.54) is 5.57 Å². The molecule has 4 rings (SSSR count). The fourth-order valence-corrected chi connectivity index (χ4v) is 3.90. The lowest BCUT2D eigenvalue weighted by Crippen LogP contribution is -2.44. The van der Waals surface area contributed by atoms with E-state index < -0.39 is 0 Å². The Kier molecular flexibility index (Phi) is 6.63. The van der Waals surface area contributed by atoms with Crippen molar-refractivity contribution < 1.29 is 4.79 Å². The molecule has 1 N–H and O–H groups in total. The summed E-state index contributed by atoms with van der Waals surface area (Å²) in [6.07, 6.45) is 6.05. The van der Waals surface area contributed by atoms with Crippen LogP contribution in [0.4, 0.5) is 0 Å². The van der Waals surface area contributed by atoms with Crippen molar-refractivity contribution in [3.05, 3.63) is 84.1 Å². The van der Waals surface area contributed by atoms with Crippen LogP contribution in [0.15, 0.2) is 78.5 Å². The molecule has 0 bridgehead atoms. The number of benzene rings is 2. The number of aromatic nitrogens is 2. The Morgan fingerprint density at radius 1 is 1.03 bits per heavy atom. The van der Waals surface area contributed by atoms with Gasteiger partial charge in [0, 0.05) is 37.4 Å². The molecule has 160 valence electrons. The molecule has 1 saturated heterocycles. The van der Waals surface area contributed by atoms with Crippen molar-refractivity contribution in [1.29, 1.82) is 0 Å². The predicted octanol–water partition coefficient (Wildman–Crippen LogP) is 4.70. The first-order valence-corrected chi connectivity index (χ1v) is 11.0. The Morgan fingerprint density at radius 3 is 2.32 bits per heavy atom. The van der Waals surface area contributed by atoms with Crippen LogP contribution in [0.3, 0.4) is 0 Å². The molecule has 2 heterocycles. The topological polar surface area (TPSA) is 50.2 Å². The van der Waals surface area contributed by atoms with Crippen molar-refractivity contribution in [2.45, 2.75) is 32.7 Å². The number of likely N-dealkylation sites (tertiary alicyclic amines) is 1. The fraction of sp³-hybridized carbons (Fsp3) is 0.308. The molecule has 0 unspecified atom stereocenters. The summed E-state index contributed by atoms with van der Waals surface area (Å²) in [5, 5.41) is 8.02. The van der Waals surface area contributed by atoms with E-state index in [-0.39, 0.29) is 11.9 Å². The molecule has 0 radical (unpaired) electrons. The minimum absolute atomic E-state index is 0.0521. The molecule has 31 heavy (non-hydrogen) atoms. The van der Waals surface area contributed by atoms with Crippen LogP contribution < -0.4 is 5.32 Å². The lowest BCUT2D eigenvalue weighted by atomic mass is 10.0. The summed E-state index contributed by atoms with van der Waals surface area (Å²) in [4.78, 5) is 15.7. The number of nitrogens with zero attached hydrogens (tertiary/aromatic N) is 3. The molecule has 2 aromatic carbocycles. The molecule has 0 saturated carbocycles. The number of carbonyl (C=O) groups excluding carboxylic acids is 1. The molecule has 1 aliphatic heterocycles. The van der Waals surface area contributed by atoms with Gasteiger partial charge in [-0.3, -0.25) is 9.69 Å². The van der Waals surface area contributed by atoms with E-state index in [0.29, 0.717) is 11.3 Å². The zero-order valence-corrected chi connectivity index (χ0v) is 18.3. The predicted molar refractivity (Wildman–Crippen MR) is 125 cm³/mol. The SMILES string of the molecule is CC(C)=CCN1CCC(NC(=O)c2cn(-c3ccccc3)nc2-c2ccccc2)CC1. The average Bonchev–Trinajstić information content (AvgIpc) is 3.25. The van der Waals surface area contributed by atoms with E-state index in [9.17, 15) is 4.79 Å². The summed E-state index contributed by atoms with van der Waals surface area (Å²) in [7, 11) is 0. The lowest BCUT2D eigenvalue weighted by molar-refractivity contribution is 0.0914. The number of allylic oxidation sites excluding steroid dienone is 1. The number of amides is 1. The van der Waals surface area contributed by atoms with Crippen LogP contribution in [-0.2, 0) is 0 Å². The first-order chi connectivity index (χ1) is 15.1. The summed E-state index contributed by atoms with van der Waals surface area (Å²) < 4.78 is 1.79. The van der Waals surface area contributed by atoms with Gasteiger partial charge in [0.25, 0.3) is 5.91 Å².